The lowest BCUT2D eigenvalue weighted by Gasteiger charge is -2.35. The zero-order valence-corrected chi connectivity index (χ0v) is 10.4. The maximum Gasteiger partial charge on any atom is 0.242 e. The highest BCUT2D eigenvalue weighted by atomic mass is 16.2. The average Bonchev–Trinajstić information content (AvgIpc) is 2.39. The number of nitriles is 1. The highest BCUT2D eigenvalue weighted by Crippen LogP contribution is 2.20. The van der Waals surface area contributed by atoms with Gasteiger partial charge in [-0.1, -0.05) is 6.92 Å². The van der Waals surface area contributed by atoms with Gasteiger partial charge in [0.25, 0.3) is 0 Å². The fraction of sp³-hybridized carbons (Fsp3) is 0.750. The zero-order chi connectivity index (χ0) is 12.8. The summed E-state index contributed by atoms with van der Waals surface area (Å²) < 4.78 is 0. The van der Waals surface area contributed by atoms with Crippen molar-refractivity contribution in [1.82, 2.24) is 10.2 Å². The van der Waals surface area contributed by atoms with Gasteiger partial charge in [-0.2, -0.15) is 5.26 Å². The van der Waals surface area contributed by atoms with Gasteiger partial charge < -0.3 is 10.2 Å². The van der Waals surface area contributed by atoms with Crippen molar-refractivity contribution in [2.75, 3.05) is 13.6 Å². The summed E-state index contributed by atoms with van der Waals surface area (Å²) in [6.07, 6.45) is 3.03. The van der Waals surface area contributed by atoms with Gasteiger partial charge >= 0.3 is 0 Å². The van der Waals surface area contributed by atoms with Crippen LogP contribution in [0.15, 0.2) is 0 Å². The lowest BCUT2D eigenvalue weighted by Crippen LogP contribution is -2.52. The predicted octanol–water partition coefficient (Wildman–Crippen LogP) is 0.663. The number of piperidine rings is 1. The molecule has 17 heavy (non-hydrogen) atoms. The van der Waals surface area contributed by atoms with Crippen LogP contribution >= 0.6 is 0 Å². The Morgan fingerprint density at radius 2 is 2.24 bits per heavy atom. The summed E-state index contributed by atoms with van der Waals surface area (Å²) in [7, 11) is 1.57. The van der Waals surface area contributed by atoms with Crippen molar-refractivity contribution in [3.05, 3.63) is 0 Å². The number of amides is 2. The van der Waals surface area contributed by atoms with E-state index in [-0.39, 0.29) is 11.8 Å². The van der Waals surface area contributed by atoms with Crippen molar-refractivity contribution in [3.8, 4) is 6.07 Å². The van der Waals surface area contributed by atoms with E-state index in [0.717, 1.165) is 12.8 Å². The third-order valence-corrected chi connectivity index (χ3v) is 3.20. The number of hydrogen-bond acceptors (Lipinski definition) is 3. The first-order valence-corrected chi connectivity index (χ1v) is 6.07. The van der Waals surface area contributed by atoms with E-state index >= 15 is 0 Å². The molecule has 5 nitrogen and oxygen atoms in total. The molecule has 1 heterocycles. The van der Waals surface area contributed by atoms with Crippen LogP contribution < -0.4 is 5.32 Å². The second kappa shape index (κ2) is 6.24. The van der Waals surface area contributed by atoms with E-state index < -0.39 is 12.0 Å². The van der Waals surface area contributed by atoms with E-state index in [9.17, 15) is 9.59 Å². The van der Waals surface area contributed by atoms with Crippen LogP contribution in [0.1, 0.15) is 32.6 Å². The second-order valence-electron chi connectivity index (χ2n) is 4.25. The minimum absolute atomic E-state index is 0.133. The van der Waals surface area contributed by atoms with E-state index in [1.165, 1.54) is 0 Å². The topological polar surface area (TPSA) is 73.2 Å². The van der Waals surface area contributed by atoms with Crippen LogP contribution in [0.5, 0.6) is 0 Å². The maximum absolute atomic E-state index is 12.1. The van der Waals surface area contributed by atoms with E-state index in [1.54, 1.807) is 11.9 Å². The Hall–Kier alpha value is -1.57. The molecule has 0 aliphatic carbocycles. The van der Waals surface area contributed by atoms with Gasteiger partial charge in [0.2, 0.25) is 11.8 Å². The Labute approximate surface area is 102 Å². The number of carbonyl (C=O) groups is 2. The summed E-state index contributed by atoms with van der Waals surface area (Å²) in [5.41, 5.74) is 0. The molecule has 0 radical (unpaired) electrons. The summed E-state index contributed by atoms with van der Waals surface area (Å²) >= 11 is 0. The third kappa shape index (κ3) is 2.96. The summed E-state index contributed by atoms with van der Waals surface area (Å²) in [4.78, 5) is 25.4. The van der Waals surface area contributed by atoms with Gasteiger partial charge in [-0.25, -0.2) is 0 Å². The third-order valence-electron chi connectivity index (χ3n) is 3.20. The SMILES string of the molecule is CCC(C#N)C(=O)N1CCCCC1C(=O)NC. The molecule has 0 saturated carbocycles. The van der Waals surface area contributed by atoms with E-state index in [2.05, 4.69) is 5.32 Å². The maximum atomic E-state index is 12.1. The molecular formula is C12H19N3O2. The van der Waals surface area contributed by atoms with Gasteiger partial charge in [0.1, 0.15) is 12.0 Å². The number of nitrogens with zero attached hydrogens (tertiary/aromatic N) is 2. The van der Waals surface area contributed by atoms with Gasteiger partial charge in [-0.15, -0.1) is 0 Å². The average molecular weight is 237 g/mol. The first-order chi connectivity index (χ1) is 8.15. The molecule has 1 aliphatic heterocycles. The molecule has 2 atom stereocenters. The molecule has 2 unspecified atom stereocenters. The molecule has 0 aromatic heterocycles. The first kappa shape index (κ1) is 13.5. The number of hydrogen-bond donors (Lipinski definition) is 1. The van der Waals surface area contributed by atoms with Crippen LogP contribution in [0.3, 0.4) is 0 Å². The highest BCUT2D eigenvalue weighted by molar-refractivity contribution is 5.89. The monoisotopic (exact) mass is 237 g/mol. The van der Waals surface area contributed by atoms with Crippen LogP contribution in [0.25, 0.3) is 0 Å². The fourth-order valence-electron chi connectivity index (χ4n) is 2.16. The Morgan fingerprint density at radius 1 is 1.53 bits per heavy atom. The van der Waals surface area contributed by atoms with Crippen LogP contribution in [0, 0.1) is 17.2 Å². The molecule has 1 aliphatic rings. The first-order valence-electron chi connectivity index (χ1n) is 6.07. The van der Waals surface area contributed by atoms with Gasteiger partial charge in [0.15, 0.2) is 0 Å². The van der Waals surface area contributed by atoms with Crippen molar-refractivity contribution in [3.63, 3.8) is 0 Å². The van der Waals surface area contributed by atoms with Crippen molar-refractivity contribution < 1.29 is 9.59 Å². The summed E-state index contributed by atoms with van der Waals surface area (Å²) in [5.74, 6) is -0.964. The Morgan fingerprint density at radius 3 is 2.76 bits per heavy atom. The second-order valence-corrected chi connectivity index (χ2v) is 4.25. The van der Waals surface area contributed by atoms with Crippen LogP contribution in [0.4, 0.5) is 0 Å². The van der Waals surface area contributed by atoms with E-state index in [4.69, 9.17) is 5.26 Å². The zero-order valence-electron chi connectivity index (χ0n) is 10.4. The number of nitrogens with one attached hydrogen (secondary N) is 1. The van der Waals surface area contributed by atoms with E-state index in [1.807, 2.05) is 13.0 Å². The molecule has 1 fully saturated rings. The molecular weight excluding hydrogens is 218 g/mol. The molecule has 0 bridgehead atoms. The molecule has 1 rings (SSSR count). The van der Waals surface area contributed by atoms with E-state index in [0.29, 0.717) is 19.4 Å². The Balaban J connectivity index is 2.81. The molecule has 5 heteroatoms. The number of rotatable bonds is 3. The van der Waals surface area contributed by atoms with Gasteiger partial charge in [0, 0.05) is 13.6 Å². The quantitative estimate of drug-likeness (QED) is 0.783. The molecule has 0 aromatic carbocycles. The molecule has 0 spiro atoms. The molecule has 94 valence electrons. The largest absolute Gasteiger partial charge is 0.357 e. The van der Waals surface area contributed by atoms with Crippen molar-refractivity contribution in [1.29, 1.82) is 5.26 Å². The van der Waals surface area contributed by atoms with Crippen molar-refractivity contribution in [2.24, 2.45) is 5.92 Å². The van der Waals surface area contributed by atoms with Gasteiger partial charge in [-0.05, 0) is 25.7 Å². The van der Waals surface area contributed by atoms with Crippen molar-refractivity contribution in [2.45, 2.75) is 38.6 Å². The Kier molecular flexibility index (Phi) is 4.95. The number of likely N-dealkylation sites (tertiary alicyclic amines) is 1. The minimum atomic E-state index is -0.625. The lowest BCUT2D eigenvalue weighted by atomic mass is 9.98. The summed E-state index contributed by atoms with van der Waals surface area (Å²) in [6.45, 7) is 2.39. The normalized spacial score (nSPS) is 21.5. The molecule has 0 aromatic rings. The molecule has 1 saturated heterocycles. The highest BCUT2D eigenvalue weighted by Gasteiger charge is 2.34. The van der Waals surface area contributed by atoms with Gasteiger partial charge in [-0.3, -0.25) is 9.59 Å². The molecule has 1 N–H and O–H groups in total. The predicted molar refractivity (Wildman–Crippen MR) is 62.8 cm³/mol. The fourth-order valence-corrected chi connectivity index (χ4v) is 2.16. The van der Waals surface area contributed by atoms with Crippen LogP contribution in [-0.2, 0) is 9.59 Å². The standard InChI is InChI=1S/C12H19N3O2/c1-3-9(8-13)12(17)15-7-5-4-6-10(15)11(16)14-2/h9-10H,3-7H2,1-2H3,(H,14,16). The summed E-state index contributed by atoms with van der Waals surface area (Å²) in [5, 5.41) is 11.5. The number of carbonyl (C=O) groups excluding carboxylic acids is 2. The summed E-state index contributed by atoms with van der Waals surface area (Å²) in [6, 6.07) is 1.60. The van der Waals surface area contributed by atoms with Crippen molar-refractivity contribution >= 4 is 11.8 Å². The Bertz CT molecular complexity index is 335. The van der Waals surface area contributed by atoms with Gasteiger partial charge in [0.05, 0.1) is 6.07 Å². The van der Waals surface area contributed by atoms with Crippen LogP contribution in [0.2, 0.25) is 0 Å². The van der Waals surface area contributed by atoms with Crippen LogP contribution in [-0.4, -0.2) is 36.3 Å². The lowest BCUT2D eigenvalue weighted by molar-refractivity contribution is -0.144. The smallest absolute Gasteiger partial charge is 0.242 e. The number of likely N-dealkylation sites (N-methyl/N-ethyl adjacent to an activating group) is 1. The molecule has 2 amide bonds. The minimum Gasteiger partial charge on any atom is -0.357 e.